The maximum Gasteiger partial charge on any atom is 0.160 e. The van der Waals surface area contributed by atoms with Crippen molar-refractivity contribution < 1.29 is 9.47 Å². The zero-order valence-corrected chi connectivity index (χ0v) is 17.5. The molecule has 0 amide bonds. The fraction of sp³-hybridized carbons (Fsp3) is 0.273. The highest BCUT2D eigenvalue weighted by molar-refractivity contribution is 5.73. The first-order valence-corrected chi connectivity index (χ1v) is 9.74. The van der Waals surface area contributed by atoms with Crippen LogP contribution in [0.25, 0.3) is 22.4 Å². The van der Waals surface area contributed by atoms with Crippen molar-refractivity contribution in [1.29, 1.82) is 0 Å². The molecule has 0 aliphatic heterocycles. The molecule has 154 valence electrons. The molecule has 3 aromatic heterocycles. The van der Waals surface area contributed by atoms with Gasteiger partial charge in [0.25, 0.3) is 0 Å². The molecule has 0 bridgehead atoms. The number of pyridine rings is 1. The topological polar surface area (TPSA) is 79.4 Å². The molecule has 0 N–H and O–H groups in total. The molecule has 0 aliphatic carbocycles. The van der Waals surface area contributed by atoms with E-state index in [0.717, 1.165) is 46.6 Å². The third-order valence-electron chi connectivity index (χ3n) is 4.73. The average molecular weight is 404 g/mol. The summed E-state index contributed by atoms with van der Waals surface area (Å²) in [6.45, 7) is 2.89. The van der Waals surface area contributed by atoms with E-state index < -0.39 is 0 Å². The normalized spacial score (nSPS) is 11.8. The first-order valence-electron chi connectivity index (χ1n) is 9.74. The second-order valence-electron chi connectivity index (χ2n) is 6.89. The summed E-state index contributed by atoms with van der Waals surface area (Å²) in [6.07, 6.45) is 6.43. The van der Waals surface area contributed by atoms with Gasteiger partial charge in [0.2, 0.25) is 0 Å². The van der Waals surface area contributed by atoms with Crippen LogP contribution >= 0.6 is 0 Å². The van der Waals surface area contributed by atoms with E-state index in [0.29, 0.717) is 11.5 Å². The molecule has 0 saturated carbocycles. The van der Waals surface area contributed by atoms with Gasteiger partial charge in [-0.3, -0.25) is 9.67 Å². The largest absolute Gasteiger partial charge is 0.497 e. The van der Waals surface area contributed by atoms with Crippen molar-refractivity contribution in [2.75, 3.05) is 14.2 Å². The Kier molecular flexibility index (Phi) is 5.47. The second-order valence-corrected chi connectivity index (χ2v) is 6.89. The van der Waals surface area contributed by atoms with Crippen LogP contribution in [0.15, 0.2) is 53.9 Å². The summed E-state index contributed by atoms with van der Waals surface area (Å²) in [4.78, 5) is 14.3. The lowest BCUT2D eigenvalue weighted by molar-refractivity contribution is 0.394. The maximum absolute atomic E-state index is 5.37. The van der Waals surface area contributed by atoms with Crippen LogP contribution < -0.4 is 15.0 Å². The van der Waals surface area contributed by atoms with Crippen LogP contribution in [0.2, 0.25) is 0 Å². The number of aryl methyl sites for hydroxylation is 2. The van der Waals surface area contributed by atoms with Crippen molar-refractivity contribution in [3.8, 4) is 22.8 Å². The summed E-state index contributed by atoms with van der Waals surface area (Å²) in [5, 5.41) is 4.24. The predicted octanol–water partition coefficient (Wildman–Crippen LogP) is 3.49. The van der Waals surface area contributed by atoms with Crippen molar-refractivity contribution >= 4 is 16.9 Å². The van der Waals surface area contributed by atoms with Gasteiger partial charge >= 0.3 is 0 Å². The minimum absolute atomic E-state index is 0.689. The third-order valence-corrected chi connectivity index (χ3v) is 4.73. The lowest BCUT2D eigenvalue weighted by atomic mass is 10.2. The predicted molar refractivity (Wildman–Crippen MR) is 115 cm³/mol. The zero-order valence-electron chi connectivity index (χ0n) is 17.5. The zero-order chi connectivity index (χ0) is 21.1. The van der Waals surface area contributed by atoms with Gasteiger partial charge in [-0.15, -0.1) is 0 Å². The number of fused-ring (bicyclic) bond motifs is 1. The maximum atomic E-state index is 5.37. The van der Waals surface area contributed by atoms with Crippen LogP contribution in [0.5, 0.6) is 11.5 Å². The van der Waals surface area contributed by atoms with Crippen molar-refractivity contribution in [3.05, 3.63) is 54.4 Å². The van der Waals surface area contributed by atoms with E-state index in [1.807, 2.05) is 43.6 Å². The molecule has 8 nitrogen and oxygen atoms in total. The highest BCUT2D eigenvalue weighted by atomic mass is 16.5. The van der Waals surface area contributed by atoms with Crippen LogP contribution in [0.4, 0.5) is 5.69 Å². The van der Waals surface area contributed by atoms with Crippen molar-refractivity contribution in [3.63, 3.8) is 0 Å². The number of ether oxygens (including phenoxy) is 2. The van der Waals surface area contributed by atoms with Gasteiger partial charge in [0.15, 0.2) is 5.65 Å². The minimum atomic E-state index is 0.689. The van der Waals surface area contributed by atoms with Gasteiger partial charge in [0.05, 0.1) is 38.0 Å². The molecule has 0 unspecified atom stereocenters. The lowest BCUT2D eigenvalue weighted by Gasteiger charge is -2.11. The van der Waals surface area contributed by atoms with Gasteiger partial charge in [0.1, 0.15) is 22.5 Å². The Labute approximate surface area is 174 Å². The standard InChI is InChI=1S/C22H24N6O2/c1-5-8-28-21(25-16-9-17(29-3)11-18(10-16)30-4)7-6-19-22(28)26-20(13-23-19)15-12-24-27(2)14-15/h6-7,9-14H,5,8H2,1-4H3. The summed E-state index contributed by atoms with van der Waals surface area (Å²) in [5.41, 5.74) is 4.84. The van der Waals surface area contributed by atoms with E-state index in [1.165, 1.54) is 0 Å². The Bertz CT molecular complexity index is 1240. The van der Waals surface area contributed by atoms with Crippen LogP contribution in [0.3, 0.4) is 0 Å². The number of rotatable bonds is 6. The van der Waals surface area contributed by atoms with Gasteiger partial charge in [-0.05, 0) is 18.6 Å². The molecule has 0 fully saturated rings. The average Bonchev–Trinajstić information content (AvgIpc) is 3.21. The van der Waals surface area contributed by atoms with E-state index in [-0.39, 0.29) is 0 Å². The Morgan fingerprint density at radius 1 is 1.03 bits per heavy atom. The van der Waals surface area contributed by atoms with Crippen LogP contribution in [-0.2, 0) is 13.6 Å². The molecule has 3 heterocycles. The van der Waals surface area contributed by atoms with E-state index in [2.05, 4.69) is 21.6 Å². The lowest BCUT2D eigenvalue weighted by Crippen LogP contribution is -2.21. The quantitative estimate of drug-likeness (QED) is 0.491. The molecule has 0 atom stereocenters. The van der Waals surface area contributed by atoms with Gasteiger partial charge < -0.3 is 14.0 Å². The molecule has 0 aliphatic rings. The van der Waals surface area contributed by atoms with E-state index >= 15 is 0 Å². The molecule has 8 heteroatoms. The molecule has 0 saturated heterocycles. The molecular formula is C22H24N6O2. The summed E-state index contributed by atoms with van der Waals surface area (Å²) in [7, 11) is 5.14. The van der Waals surface area contributed by atoms with Gasteiger partial charge in [0, 0.05) is 43.6 Å². The fourth-order valence-corrected chi connectivity index (χ4v) is 3.28. The summed E-state index contributed by atoms with van der Waals surface area (Å²) < 4.78 is 14.6. The second kappa shape index (κ2) is 8.36. The van der Waals surface area contributed by atoms with Crippen LogP contribution in [-0.4, -0.2) is 38.5 Å². The highest BCUT2D eigenvalue weighted by Crippen LogP contribution is 2.27. The fourth-order valence-electron chi connectivity index (χ4n) is 3.28. The SMILES string of the molecule is CCCn1c(=Nc2cc(OC)cc(OC)c2)ccc2ncc(-c3cnn(C)c3)nc21. The first-order chi connectivity index (χ1) is 14.6. The molecule has 4 rings (SSSR count). The van der Waals surface area contributed by atoms with Crippen LogP contribution in [0, 0.1) is 0 Å². The van der Waals surface area contributed by atoms with Gasteiger partial charge in [-0.2, -0.15) is 5.10 Å². The molecule has 30 heavy (non-hydrogen) atoms. The summed E-state index contributed by atoms with van der Waals surface area (Å²) >= 11 is 0. The monoisotopic (exact) mass is 404 g/mol. The molecular weight excluding hydrogens is 380 g/mol. The highest BCUT2D eigenvalue weighted by Gasteiger charge is 2.09. The van der Waals surface area contributed by atoms with Gasteiger partial charge in [-0.1, -0.05) is 6.92 Å². The van der Waals surface area contributed by atoms with E-state index in [4.69, 9.17) is 19.5 Å². The molecule has 4 aromatic rings. The number of aromatic nitrogens is 5. The van der Waals surface area contributed by atoms with Gasteiger partial charge in [-0.25, -0.2) is 9.98 Å². The van der Waals surface area contributed by atoms with E-state index in [9.17, 15) is 0 Å². The molecule has 1 aromatic carbocycles. The van der Waals surface area contributed by atoms with Crippen molar-refractivity contribution in [2.45, 2.75) is 19.9 Å². The number of benzene rings is 1. The van der Waals surface area contributed by atoms with E-state index in [1.54, 1.807) is 31.3 Å². The number of hydrogen-bond acceptors (Lipinski definition) is 6. The first kappa shape index (κ1) is 19.6. The number of methoxy groups -OCH3 is 2. The Hall–Kier alpha value is -3.68. The Morgan fingerprint density at radius 3 is 2.43 bits per heavy atom. The minimum Gasteiger partial charge on any atom is -0.497 e. The number of nitrogens with zero attached hydrogens (tertiary/aromatic N) is 6. The van der Waals surface area contributed by atoms with Crippen molar-refractivity contribution in [2.24, 2.45) is 12.0 Å². The third kappa shape index (κ3) is 3.89. The summed E-state index contributed by atoms with van der Waals surface area (Å²) in [6, 6.07) is 9.48. The van der Waals surface area contributed by atoms with Crippen LogP contribution in [0.1, 0.15) is 13.3 Å². The Balaban J connectivity index is 1.91. The smallest absolute Gasteiger partial charge is 0.160 e. The molecule has 0 radical (unpaired) electrons. The molecule has 0 spiro atoms. The Morgan fingerprint density at radius 2 is 1.80 bits per heavy atom. The summed E-state index contributed by atoms with van der Waals surface area (Å²) in [5.74, 6) is 1.38. The van der Waals surface area contributed by atoms with Crippen molar-refractivity contribution in [1.82, 2.24) is 24.3 Å². The number of hydrogen-bond donors (Lipinski definition) is 0.